The zero-order valence-corrected chi connectivity index (χ0v) is 21.6. The first kappa shape index (κ1) is 26.9. The third-order valence-electron chi connectivity index (χ3n) is 6.01. The smallest absolute Gasteiger partial charge is 0.273 e. The van der Waals surface area contributed by atoms with Crippen molar-refractivity contribution in [3.63, 3.8) is 0 Å². The summed E-state index contributed by atoms with van der Waals surface area (Å²) in [5, 5.41) is 4.12. The van der Waals surface area contributed by atoms with E-state index in [0.29, 0.717) is 42.3 Å². The minimum absolute atomic E-state index is 0.0166. The molecular formula is C27H39N3O5. The van der Waals surface area contributed by atoms with Gasteiger partial charge >= 0.3 is 0 Å². The van der Waals surface area contributed by atoms with E-state index in [2.05, 4.69) is 5.32 Å². The molecule has 0 unspecified atom stereocenters. The summed E-state index contributed by atoms with van der Waals surface area (Å²) in [7, 11) is 1.61. The van der Waals surface area contributed by atoms with Gasteiger partial charge in [-0.3, -0.25) is 9.59 Å². The molecular weight excluding hydrogens is 446 g/mol. The third-order valence-corrected chi connectivity index (χ3v) is 6.01. The van der Waals surface area contributed by atoms with Gasteiger partial charge in [-0.1, -0.05) is 19.9 Å². The van der Waals surface area contributed by atoms with E-state index in [9.17, 15) is 9.59 Å². The Balaban J connectivity index is 1.99. The van der Waals surface area contributed by atoms with Crippen LogP contribution in [0.25, 0.3) is 10.9 Å². The summed E-state index contributed by atoms with van der Waals surface area (Å²) in [4.78, 5) is 32.7. The number of para-hydroxylation sites is 1. The Hall–Kier alpha value is -2.71. The molecule has 2 aromatic rings. The Kier molecular flexibility index (Phi) is 9.86. The van der Waals surface area contributed by atoms with E-state index in [4.69, 9.17) is 19.2 Å². The summed E-state index contributed by atoms with van der Waals surface area (Å²) in [6.45, 7) is 10.5. The van der Waals surface area contributed by atoms with Gasteiger partial charge in [-0.05, 0) is 51.3 Å². The maximum atomic E-state index is 13.8. The summed E-state index contributed by atoms with van der Waals surface area (Å²) < 4.78 is 17.0. The maximum absolute atomic E-state index is 13.8. The lowest BCUT2D eigenvalue weighted by Gasteiger charge is -2.37. The largest absolute Gasteiger partial charge is 0.490 e. The van der Waals surface area contributed by atoms with E-state index >= 15 is 0 Å². The zero-order valence-electron chi connectivity index (χ0n) is 21.6. The molecule has 1 aromatic carbocycles. The molecule has 1 aromatic heterocycles. The number of ketones is 1. The van der Waals surface area contributed by atoms with Gasteiger partial charge in [-0.15, -0.1) is 0 Å². The zero-order chi connectivity index (χ0) is 25.4. The summed E-state index contributed by atoms with van der Waals surface area (Å²) in [5.41, 5.74) is 0.808. The van der Waals surface area contributed by atoms with Crippen LogP contribution in [0.3, 0.4) is 0 Å². The number of pyridine rings is 1. The molecule has 1 aliphatic heterocycles. The van der Waals surface area contributed by atoms with Crippen LogP contribution < -0.4 is 14.8 Å². The first-order chi connectivity index (χ1) is 16.8. The molecule has 8 nitrogen and oxygen atoms in total. The quantitative estimate of drug-likeness (QED) is 0.457. The van der Waals surface area contributed by atoms with Crippen molar-refractivity contribution in [2.24, 2.45) is 5.92 Å². The Morgan fingerprint density at radius 1 is 1.14 bits per heavy atom. The predicted molar refractivity (Wildman–Crippen MR) is 136 cm³/mol. The number of nitrogens with one attached hydrogen (secondary N) is 1. The highest BCUT2D eigenvalue weighted by atomic mass is 16.5. The van der Waals surface area contributed by atoms with Gasteiger partial charge in [0.25, 0.3) is 5.91 Å². The first-order valence-electron chi connectivity index (χ1n) is 12.5. The van der Waals surface area contributed by atoms with Gasteiger partial charge in [0.15, 0.2) is 5.78 Å². The number of methoxy groups -OCH3 is 1. The van der Waals surface area contributed by atoms with E-state index < -0.39 is 0 Å². The van der Waals surface area contributed by atoms with Crippen molar-refractivity contribution in [2.45, 2.75) is 59.0 Å². The number of nitrogens with zero attached hydrogens (tertiary/aromatic N) is 2. The fraction of sp³-hybridized carbons (Fsp3) is 0.593. The number of ether oxygens (including phenoxy) is 3. The van der Waals surface area contributed by atoms with Crippen molar-refractivity contribution in [2.75, 3.05) is 40.0 Å². The molecule has 1 aliphatic rings. The molecule has 192 valence electrons. The molecule has 2 heterocycles. The number of piperidine rings is 1. The fourth-order valence-corrected chi connectivity index (χ4v) is 4.47. The van der Waals surface area contributed by atoms with Gasteiger partial charge in [0, 0.05) is 43.6 Å². The lowest BCUT2D eigenvalue weighted by molar-refractivity contribution is -0.121. The van der Waals surface area contributed by atoms with Crippen molar-refractivity contribution in [3.8, 4) is 11.5 Å². The second-order valence-corrected chi connectivity index (χ2v) is 9.73. The van der Waals surface area contributed by atoms with E-state index in [0.717, 1.165) is 31.3 Å². The maximum Gasteiger partial charge on any atom is 0.273 e. The lowest BCUT2D eigenvalue weighted by Crippen LogP contribution is -2.51. The van der Waals surface area contributed by atoms with Crippen molar-refractivity contribution in [1.82, 2.24) is 15.2 Å². The molecule has 1 saturated heterocycles. The number of hydrogen-bond donors (Lipinski definition) is 1. The van der Waals surface area contributed by atoms with Crippen molar-refractivity contribution >= 4 is 22.6 Å². The average molecular weight is 486 g/mol. The van der Waals surface area contributed by atoms with Crippen LogP contribution in [0.4, 0.5) is 0 Å². The minimum Gasteiger partial charge on any atom is -0.490 e. The third kappa shape index (κ3) is 7.15. The van der Waals surface area contributed by atoms with Crippen LogP contribution in [-0.4, -0.2) is 73.7 Å². The summed E-state index contributed by atoms with van der Waals surface area (Å²) in [5.74, 6) is 1.15. The predicted octanol–water partition coefficient (Wildman–Crippen LogP) is 3.86. The highest BCUT2D eigenvalue weighted by Crippen LogP contribution is 2.33. The second kappa shape index (κ2) is 12.8. The van der Waals surface area contributed by atoms with E-state index in [1.54, 1.807) is 19.2 Å². The number of aromatic nitrogens is 1. The van der Waals surface area contributed by atoms with Crippen LogP contribution in [0, 0.1) is 5.92 Å². The number of carbonyl (C=O) groups excluding carboxylic acids is 2. The van der Waals surface area contributed by atoms with Crippen molar-refractivity contribution in [1.29, 1.82) is 0 Å². The van der Waals surface area contributed by atoms with E-state index in [1.807, 2.05) is 44.7 Å². The Morgan fingerprint density at radius 2 is 1.94 bits per heavy atom. The molecule has 0 bridgehead atoms. The summed E-state index contributed by atoms with van der Waals surface area (Å²) in [6.07, 6.45) is 2.43. The number of Topliss-reactive ketones (excluding diaryl/α,β-unsaturated/α-hetero) is 1. The lowest BCUT2D eigenvalue weighted by atomic mass is 10.0. The summed E-state index contributed by atoms with van der Waals surface area (Å²) in [6, 6.07) is 7.32. The highest BCUT2D eigenvalue weighted by Gasteiger charge is 2.30. The standard InChI is InChI=1S/C27H39N3O5/c1-18(2)14-21(31)17-35-24-10-6-9-22-25(34-13-12-33-5)15-23(29-26(22)24)27(32)30(19(3)4)20-8-7-11-28-16-20/h6,9-10,15,18-20,28H,7-8,11-14,16-17H2,1-5H3/t20-/m1/s1. The van der Waals surface area contributed by atoms with Gasteiger partial charge in [0.05, 0.1) is 6.61 Å². The Labute approximate surface area is 208 Å². The van der Waals surface area contributed by atoms with Gasteiger partial charge in [-0.25, -0.2) is 4.98 Å². The van der Waals surface area contributed by atoms with Crippen molar-refractivity contribution < 1.29 is 23.8 Å². The first-order valence-corrected chi connectivity index (χ1v) is 12.5. The van der Waals surface area contributed by atoms with Gasteiger partial charge in [-0.2, -0.15) is 0 Å². The van der Waals surface area contributed by atoms with Gasteiger partial charge in [0.1, 0.15) is 35.9 Å². The van der Waals surface area contributed by atoms with E-state index in [-0.39, 0.29) is 36.3 Å². The van der Waals surface area contributed by atoms with Crippen molar-refractivity contribution in [3.05, 3.63) is 30.0 Å². The molecule has 1 N–H and O–H groups in total. The normalized spacial score (nSPS) is 16.0. The average Bonchev–Trinajstić information content (AvgIpc) is 2.82. The molecule has 0 radical (unpaired) electrons. The molecule has 35 heavy (non-hydrogen) atoms. The van der Waals surface area contributed by atoms with Gasteiger partial charge in [0.2, 0.25) is 0 Å². The Bertz CT molecular complexity index is 1000. The number of benzene rings is 1. The Morgan fingerprint density at radius 3 is 2.60 bits per heavy atom. The molecule has 1 atom stereocenters. The molecule has 0 spiro atoms. The van der Waals surface area contributed by atoms with Crippen LogP contribution in [0.1, 0.15) is 57.4 Å². The second-order valence-electron chi connectivity index (χ2n) is 9.73. The van der Waals surface area contributed by atoms with Crippen LogP contribution in [0.2, 0.25) is 0 Å². The van der Waals surface area contributed by atoms with Crippen LogP contribution >= 0.6 is 0 Å². The molecule has 8 heteroatoms. The number of carbonyl (C=O) groups is 2. The number of rotatable bonds is 12. The minimum atomic E-state index is -0.141. The van der Waals surface area contributed by atoms with E-state index in [1.165, 1.54) is 0 Å². The fourth-order valence-electron chi connectivity index (χ4n) is 4.47. The number of amides is 1. The topological polar surface area (TPSA) is 90.0 Å². The monoisotopic (exact) mass is 485 g/mol. The molecule has 0 saturated carbocycles. The molecule has 0 aliphatic carbocycles. The summed E-state index contributed by atoms with van der Waals surface area (Å²) >= 11 is 0. The molecule has 1 amide bonds. The molecule has 3 rings (SSSR count). The van der Waals surface area contributed by atoms with Crippen LogP contribution in [-0.2, 0) is 9.53 Å². The SMILES string of the molecule is COCCOc1cc(C(=O)N(C(C)C)[C@@H]2CCCNC2)nc2c(OCC(=O)CC(C)C)cccc12. The van der Waals surface area contributed by atoms with Crippen LogP contribution in [0.5, 0.6) is 11.5 Å². The van der Waals surface area contributed by atoms with Gasteiger partial charge < -0.3 is 24.4 Å². The molecule has 1 fully saturated rings. The highest BCUT2D eigenvalue weighted by molar-refractivity contribution is 5.99. The van der Waals surface area contributed by atoms with Crippen LogP contribution in [0.15, 0.2) is 24.3 Å². The number of fused-ring (bicyclic) bond motifs is 1. The number of hydrogen-bond acceptors (Lipinski definition) is 7.